The van der Waals surface area contributed by atoms with Gasteiger partial charge >= 0.3 is 5.97 Å². The van der Waals surface area contributed by atoms with Gasteiger partial charge in [-0.3, -0.25) is 4.79 Å². The molecule has 5 nitrogen and oxygen atoms in total. The Morgan fingerprint density at radius 2 is 1.71 bits per heavy atom. The van der Waals surface area contributed by atoms with Crippen LogP contribution in [-0.2, 0) is 9.63 Å². The monoisotopic (exact) mass is 528 g/mol. The molecule has 0 aliphatic heterocycles. The number of nitrogens with two attached hydrogens (primary N) is 1. The minimum absolute atomic E-state index is 0.0888. The maximum Gasteiger partial charge on any atom is 0.310 e. The van der Waals surface area contributed by atoms with Gasteiger partial charge in [-0.25, -0.2) is 0 Å². The van der Waals surface area contributed by atoms with Gasteiger partial charge in [-0.2, -0.15) is 5.48 Å². The van der Waals surface area contributed by atoms with Gasteiger partial charge in [0, 0.05) is 6.04 Å². The highest BCUT2D eigenvalue weighted by molar-refractivity contribution is 5.76. The SMILES string of the molecule is CC1(C)CC[C@]2(C(=O)O)CC[C@]3(C)C(=CC[C@@H]4[C@@]5(C)CC[C@H](NOCCCN)C(C)(C)[C@@H]5CC[C@]43C)[C@@H]2C1. The van der Waals surface area contributed by atoms with Crippen molar-refractivity contribution < 1.29 is 14.7 Å². The molecule has 216 valence electrons. The van der Waals surface area contributed by atoms with Crippen LogP contribution in [-0.4, -0.2) is 30.3 Å². The number of fused-ring (bicyclic) bond motifs is 7. The Kier molecular flexibility index (Phi) is 7.01. The third-order valence-corrected chi connectivity index (χ3v) is 13.8. The second-order valence-electron chi connectivity index (χ2n) is 16.2. The standard InChI is InChI=1S/C33H56N2O3/c1-28(2)15-17-33(27(36)37)18-16-31(6)22(23(33)21-28)9-10-25-30(5)13-12-26(35-38-20-8-19-34)29(3,4)24(30)11-14-32(25,31)7/h9,23-26,35H,8,10-21,34H2,1-7H3,(H,36,37)/t23-,24-,25+,26-,30-,31+,32+,33-/m0/s1. The van der Waals surface area contributed by atoms with Crippen LogP contribution < -0.4 is 11.2 Å². The van der Waals surface area contributed by atoms with Gasteiger partial charge in [0.1, 0.15) is 0 Å². The average Bonchev–Trinajstić information content (AvgIpc) is 2.82. The first-order valence-corrected chi connectivity index (χ1v) is 15.7. The molecule has 0 aromatic carbocycles. The maximum atomic E-state index is 12.9. The van der Waals surface area contributed by atoms with Crippen LogP contribution in [0.3, 0.4) is 0 Å². The van der Waals surface area contributed by atoms with Gasteiger partial charge in [0.25, 0.3) is 0 Å². The zero-order chi connectivity index (χ0) is 27.8. The number of hydrogen-bond donors (Lipinski definition) is 3. The van der Waals surface area contributed by atoms with E-state index < -0.39 is 11.4 Å². The topological polar surface area (TPSA) is 84.6 Å². The van der Waals surface area contributed by atoms with E-state index in [4.69, 9.17) is 10.6 Å². The number of allylic oxidation sites excluding steroid dienone is 2. The van der Waals surface area contributed by atoms with Gasteiger partial charge in [-0.1, -0.05) is 60.1 Å². The van der Waals surface area contributed by atoms with Crippen LogP contribution in [0.1, 0.15) is 119 Å². The fourth-order valence-electron chi connectivity index (χ4n) is 11.2. The Morgan fingerprint density at radius 3 is 2.39 bits per heavy atom. The molecule has 4 fully saturated rings. The van der Waals surface area contributed by atoms with Crippen molar-refractivity contribution in [2.75, 3.05) is 13.2 Å². The van der Waals surface area contributed by atoms with Crippen molar-refractivity contribution in [1.29, 1.82) is 0 Å². The maximum absolute atomic E-state index is 12.9. The first-order valence-electron chi connectivity index (χ1n) is 15.7. The molecule has 5 rings (SSSR count). The van der Waals surface area contributed by atoms with E-state index in [9.17, 15) is 9.90 Å². The Balaban J connectivity index is 1.47. The predicted octanol–water partition coefficient (Wildman–Crippen LogP) is 7.11. The molecule has 5 heteroatoms. The summed E-state index contributed by atoms with van der Waals surface area (Å²) >= 11 is 0. The lowest BCUT2D eigenvalue weighted by Crippen LogP contribution is -2.66. The van der Waals surface area contributed by atoms with Crippen molar-refractivity contribution in [2.45, 2.75) is 125 Å². The number of nitrogens with one attached hydrogen (secondary N) is 1. The molecule has 0 saturated heterocycles. The quantitative estimate of drug-likeness (QED) is 0.194. The largest absolute Gasteiger partial charge is 0.481 e. The van der Waals surface area contributed by atoms with E-state index >= 15 is 0 Å². The molecule has 4 saturated carbocycles. The molecule has 8 atom stereocenters. The lowest BCUT2D eigenvalue weighted by molar-refractivity contribution is -0.198. The molecule has 0 heterocycles. The first-order chi connectivity index (χ1) is 17.7. The second kappa shape index (κ2) is 9.31. The fourth-order valence-corrected chi connectivity index (χ4v) is 11.2. The minimum atomic E-state index is -0.555. The molecule has 0 unspecified atom stereocenters. The van der Waals surface area contributed by atoms with Gasteiger partial charge < -0.3 is 15.7 Å². The van der Waals surface area contributed by atoms with E-state index in [-0.39, 0.29) is 33.0 Å². The van der Waals surface area contributed by atoms with Crippen LogP contribution in [0.15, 0.2) is 11.6 Å². The number of hydroxylamine groups is 1. The summed E-state index contributed by atoms with van der Waals surface area (Å²) in [6, 6.07) is 0.364. The highest BCUT2D eigenvalue weighted by Crippen LogP contribution is 2.75. The normalized spacial score (nSPS) is 47.1. The van der Waals surface area contributed by atoms with Crippen LogP contribution >= 0.6 is 0 Å². The summed E-state index contributed by atoms with van der Waals surface area (Å²) in [5.74, 6) is 0.930. The number of rotatable bonds is 6. The number of carbonyl (C=O) groups is 1. The summed E-state index contributed by atoms with van der Waals surface area (Å²) in [4.78, 5) is 18.7. The molecule has 0 bridgehead atoms. The molecular weight excluding hydrogens is 472 g/mol. The van der Waals surface area contributed by atoms with Crippen molar-refractivity contribution in [3.8, 4) is 0 Å². The highest BCUT2D eigenvalue weighted by atomic mass is 16.6. The van der Waals surface area contributed by atoms with E-state index in [0.29, 0.717) is 31.0 Å². The van der Waals surface area contributed by atoms with E-state index in [1.165, 1.54) is 24.8 Å². The van der Waals surface area contributed by atoms with Crippen molar-refractivity contribution in [2.24, 2.45) is 56.0 Å². The van der Waals surface area contributed by atoms with Crippen LogP contribution in [0.4, 0.5) is 0 Å². The molecule has 0 amide bonds. The van der Waals surface area contributed by atoms with Crippen molar-refractivity contribution in [3.05, 3.63) is 11.6 Å². The summed E-state index contributed by atoms with van der Waals surface area (Å²) in [5.41, 5.74) is 11.1. The van der Waals surface area contributed by atoms with E-state index in [1.54, 1.807) is 0 Å². The minimum Gasteiger partial charge on any atom is -0.481 e. The third-order valence-electron chi connectivity index (χ3n) is 13.8. The van der Waals surface area contributed by atoms with E-state index in [1.807, 2.05) is 0 Å². The molecule has 0 aromatic heterocycles. The van der Waals surface area contributed by atoms with Crippen LogP contribution in [0.25, 0.3) is 0 Å². The molecule has 0 aromatic rings. The number of carboxylic acid groups (broad SMARTS) is 1. The van der Waals surface area contributed by atoms with Crippen LogP contribution in [0, 0.1) is 50.2 Å². The third kappa shape index (κ3) is 3.91. The predicted molar refractivity (Wildman–Crippen MR) is 153 cm³/mol. The Labute approximate surface area is 232 Å². The molecule has 5 aliphatic rings. The van der Waals surface area contributed by atoms with Crippen LogP contribution in [0.5, 0.6) is 0 Å². The highest BCUT2D eigenvalue weighted by Gasteiger charge is 2.69. The number of aliphatic carboxylic acids is 1. The summed E-state index contributed by atoms with van der Waals surface area (Å²) in [5, 5.41) is 10.6. The Morgan fingerprint density at radius 1 is 1.00 bits per heavy atom. The van der Waals surface area contributed by atoms with Gasteiger partial charge in [-0.15, -0.1) is 0 Å². The molecular formula is C33H56N2O3. The summed E-state index contributed by atoms with van der Waals surface area (Å²) in [6.07, 6.45) is 14.2. The molecule has 4 N–H and O–H groups in total. The second-order valence-corrected chi connectivity index (χ2v) is 16.2. The molecule has 0 spiro atoms. The van der Waals surface area contributed by atoms with Gasteiger partial charge in [0.15, 0.2) is 0 Å². The lowest BCUT2D eigenvalue weighted by atomic mass is 9.33. The Hall–Kier alpha value is -0.910. The van der Waals surface area contributed by atoms with E-state index in [0.717, 1.165) is 51.4 Å². The van der Waals surface area contributed by atoms with Crippen LogP contribution in [0.2, 0.25) is 0 Å². The lowest BCUT2D eigenvalue weighted by Gasteiger charge is -2.71. The van der Waals surface area contributed by atoms with Gasteiger partial charge in [-0.05, 0) is 122 Å². The average molecular weight is 529 g/mol. The first kappa shape index (κ1) is 28.6. The zero-order valence-electron chi connectivity index (χ0n) is 25.4. The molecule has 5 aliphatic carbocycles. The smallest absolute Gasteiger partial charge is 0.310 e. The number of hydrogen-bond acceptors (Lipinski definition) is 4. The number of carboxylic acids is 1. The van der Waals surface area contributed by atoms with E-state index in [2.05, 4.69) is 60.0 Å². The summed E-state index contributed by atoms with van der Waals surface area (Å²) in [6.45, 7) is 18.8. The molecule has 0 radical (unpaired) electrons. The van der Waals surface area contributed by atoms with Gasteiger partial charge in [0.2, 0.25) is 0 Å². The van der Waals surface area contributed by atoms with Crippen molar-refractivity contribution in [1.82, 2.24) is 5.48 Å². The fraction of sp³-hybridized carbons (Fsp3) is 0.909. The summed E-state index contributed by atoms with van der Waals surface area (Å²) in [7, 11) is 0. The zero-order valence-corrected chi connectivity index (χ0v) is 25.4. The van der Waals surface area contributed by atoms with Gasteiger partial charge in [0.05, 0.1) is 12.0 Å². The van der Waals surface area contributed by atoms with Crippen molar-refractivity contribution in [3.63, 3.8) is 0 Å². The molecule has 38 heavy (non-hydrogen) atoms. The Bertz CT molecular complexity index is 973. The van der Waals surface area contributed by atoms with Crippen molar-refractivity contribution >= 4 is 5.97 Å². The summed E-state index contributed by atoms with van der Waals surface area (Å²) < 4.78 is 0.